The molecule has 0 amide bonds. The van der Waals surface area contributed by atoms with Crippen molar-refractivity contribution in [2.45, 2.75) is 23.7 Å². The highest BCUT2D eigenvalue weighted by molar-refractivity contribution is 5.28. The molecular weight excluding hydrogens is 316 g/mol. The van der Waals surface area contributed by atoms with E-state index in [0.717, 1.165) is 0 Å². The van der Waals surface area contributed by atoms with Crippen molar-refractivity contribution in [3.05, 3.63) is 48.0 Å². The molecule has 24 heavy (non-hydrogen) atoms. The Bertz CT molecular complexity index is 560. The van der Waals surface area contributed by atoms with E-state index in [2.05, 4.69) is 10.2 Å². The average molecular weight is 338 g/mol. The summed E-state index contributed by atoms with van der Waals surface area (Å²) in [6.07, 6.45) is 7.17. The Morgan fingerprint density at radius 3 is 1.46 bits per heavy atom. The van der Waals surface area contributed by atoms with Gasteiger partial charge in [0.1, 0.15) is 11.5 Å². The largest absolute Gasteiger partial charge is 0.498 e. The number of allylic oxidation sites excluding steroid dienone is 4. The van der Waals surface area contributed by atoms with Crippen molar-refractivity contribution in [1.29, 1.82) is 0 Å². The second-order valence-electron chi connectivity index (χ2n) is 5.18. The van der Waals surface area contributed by atoms with E-state index in [4.69, 9.17) is 18.9 Å². The van der Waals surface area contributed by atoms with E-state index in [1.165, 1.54) is 28.4 Å². The van der Waals surface area contributed by atoms with Gasteiger partial charge in [0, 0.05) is 14.2 Å². The van der Waals surface area contributed by atoms with Gasteiger partial charge in [-0.15, -0.1) is 10.2 Å². The third kappa shape index (κ3) is 3.01. The molecule has 8 nitrogen and oxygen atoms in total. The Balaban J connectivity index is 2.36. The number of azo groups is 1. The van der Waals surface area contributed by atoms with Crippen molar-refractivity contribution in [2.24, 2.45) is 10.2 Å². The van der Waals surface area contributed by atoms with Crippen molar-refractivity contribution < 1.29 is 29.2 Å². The van der Waals surface area contributed by atoms with Crippen LogP contribution in [-0.4, -0.2) is 62.3 Å². The van der Waals surface area contributed by atoms with Crippen LogP contribution in [0, 0.1) is 0 Å². The highest BCUT2D eigenvalue weighted by Crippen LogP contribution is 2.34. The lowest BCUT2D eigenvalue weighted by molar-refractivity contribution is -0.0944. The maximum atomic E-state index is 10.4. The first-order valence-corrected chi connectivity index (χ1v) is 7.26. The van der Waals surface area contributed by atoms with E-state index in [1.807, 2.05) is 0 Å². The van der Waals surface area contributed by atoms with Gasteiger partial charge in [-0.1, -0.05) is 12.2 Å². The van der Waals surface area contributed by atoms with Crippen molar-refractivity contribution in [3.8, 4) is 0 Å². The third-order valence-electron chi connectivity index (χ3n) is 4.00. The number of methoxy groups -OCH3 is 4. The van der Waals surface area contributed by atoms with Crippen LogP contribution in [0.5, 0.6) is 0 Å². The predicted molar refractivity (Wildman–Crippen MR) is 84.8 cm³/mol. The Hall–Kier alpha value is -2.00. The van der Waals surface area contributed by atoms with Gasteiger partial charge >= 0.3 is 0 Å². The van der Waals surface area contributed by atoms with E-state index in [1.54, 1.807) is 36.5 Å². The molecule has 0 saturated carbocycles. The summed E-state index contributed by atoms with van der Waals surface area (Å²) in [5, 5.41) is 29.1. The average Bonchev–Trinajstić information content (AvgIpc) is 2.62. The van der Waals surface area contributed by atoms with Crippen LogP contribution in [0.3, 0.4) is 0 Å². The lowest BCUT2D eigenvalue weighted by Gasteiger charge is -2.35. The number of nitrogens with zero attached hydrogens (tertiary/aromatic N) is 2. The normalized spacial score (nSPS) is 35.8. The molecule has 2 aliphatic carbocycles. The first-order valence-electron chi connectivity index (χ1n) is 7.26. The summed E-state index contributed by atoms with van der Waals surface area (Å²) in [5.74, 6) is 0.559. The molecular formula is C16H22N2O6. The fourth-order valence-electron chi connectivity index (χ4n) is 2.47. The molecule has 0 heterocycles. The van der Waals surface area contributed by atoms with Gasteiger partial charge in [-0.2, -0.15) is 0 Å². The van der Waals surface area contributed by atoms with Gasteiger partial charge in [-0.25, -0.2) is 0 Å². The SMILES string of the molecule is COC1=CC=CC(N=NC2(OC)C=CC=C(OC)C2O)(OC)C1O. The molecule has 0 radical (unpaired) electrons. The van der Waals surface area contributed by atoms with Crippen LogP contribution in [0.15, 0.2) is 58.2 Å². The maximum Gasteiger partial charge on any atom is 0.231 e. The van der Waals surface area contributed by atoms with Gasteiger partial charge < -0.3 is 29.2 Å². The van der Waals surface area contributed by atoms with E-state index >= 15 is 0 Å². The smallest absolute Gasteiger partial charge is 0.231 e. The Morgan fingerprint density at radius 1 is 0.792 bits per heavy atom. The molecule has 0 aromatic heterocycles. The van der Waals surface area contributed by atoms with Crippen LogP contribution in [0.2, 0.25) is 0 Å². The van der Waals surface area contributed by atoms with Gasteiger partial charge in [-0.3, -0.25) is 0 Å². The zero-order valence-electron chi connectivity index (χ0n) is 14.0. The van der Waals surface area contributed by atoms with Crippen LogP contribution in [0.1, 0.15) is 0 Å². The first-order chi connectivity index (χ1) is 11.5. The van der Waals surface area contributed by atoms with Gasteiger partial charge in [-0.05, 0) is 24.3 Å². The van der Waals surface area contributed by atoms with Crippen LogP contribution < -0.4 is 0 Å². The van der Waals surface area contributed by atoms with Gasteiger partial charge in [0.15, 0.2) is 12.2 Å². The summed E-state index contributed by atoms with van der Waals surface area (Å²) in [6.45, 7) is 0. The van der Waals surface area contributed by atoms with Gasteiger partial charge in [0.25, 0.3) is 0 Å². The summed E-state index contributed by atoms with van der Waals surface area (Å²) in [6, 6.07) is 0. The molecule has 8 heteroatoms. The molecule has 4 atom stereocenters. The Morgan fingerprint density at radius 2 is 1.17 bits per heavy atom. The Kier molecular flexibility index (Phi) is 5.55. The van der Waals surface area contributed by atoms with Crippen molar-refractivity contribution in [2.75, 3.05) is 28.4 Å². The zero-order valence-corrected chi connectivity index (χ0v) is 14.0. The molecule has 132 valence electrons. The number of rotatable bonds is 6. The molecule has 2 rings (SSSR count). The molecule has 0 spiro atoms. The minimum Gasteiger partial charge on any atom is -0.498 e. The molecule has 0 saturated heterocycles. The maximum absolute atomic E-state index is 10.4. The zero-order chi connectivity index (χ0) is 17.8. The molecule has 2 N–H and O–H groups in total. The summed E-state index contributed by atoms with van der Waals surface area (Å²) >= 11 is 0. The predicted octanol–water partition coefficient (Wildman–Crippen LogP) is 1.05. The molecule has 0 aliphatic heterocycles. The van der Waals surface area contributed by atoms with Crippen LogP contribution in [0.4, 0.5) is 0 Å². The number of ether oxygens (including phenoxy) is 4. The molecule has 0 aromatic carbocycles. The Labute approximate surface area is 140 Å². The monoisotopic (exact) mass is 338 g/mol. The van der Waals surface area contributed by atoms with Crippen LogP contribution in [0.25, 0.3) is 0 Å². The minimum atomic E-state index is -1.49. The van der Waals surface area contributed by atoms with Crippen LogP contribution >= 0.6 is 0 Å². The van der Waals surface area contributed by atoms with Crippen molar-refractivity contribution in [3.63, 3.8) is 0 Å². The summed E-state index contributed by atoms with van der Waals surface area (Å²) in [4.78, 5) is 0. The topological polar surface area (TPSA) is 102 Å². The second-order valence-corrected chi connectivity index (χ2v) is 5.18. The highest BCUT2D eigenvalue weighted by atomic mass is 16.5. The highest BCUT2D eigenvalue weighted by Gasteiger charge is 2.45. The first kappa shape index (κ1) is 18.3. The molecule has 2 aliphatic rings. The summed E-state index contributed by atoms with van der Waals surface area (Å²) < 4.78 is 21.0. The lowest BCUT2D eigenvalue weighted by Crippen LogP contribution is -2.46. The minimum absolute atomic E-state index is 0.280. The van der Waals surface area contributed by atoms with Crippen LogP contribution in [-0.2, 0) is 18.9 Å². The molecule has 0 aromatic rings. The molecule has 0 fully saturated rings. The van der Waals surface area contributed by atoms with Crippen molar-refractivity contribution in [1.82, 2.24) is 0 Å². The summed E-state index contributed by atoms with van der Waals surface area (Å²) in [5.41, 5.74) is -2.98. The number of aliphatic hydroxyl groups excluding tert-OH is 2. The van der Waals surface area contributed by atoms with E-state index < -0.39 is 23.7 Å². The third-order valence-corrected chi connectivity index (χ3v) is 4.00. The van der Waals surface area contributed by atoms with Crippen molar-refractivity contribution >= 4 is 0 Å². The lowest BCUT2D eigenvalue weighted by atomic mass is 9.99. The summed E-state index contributed by atoms with van der Waals surface area (Å²) in [7, 11) is 5.65. The van der Waals surface area contributed by atoms with E-state index in [0.29, 0.717) is 0 Å². The van der Waals surface area contributed by atoms with Gasteiger partial charge in [0.2, 0.25) is 11.4 Å². The van der Waals surface area contributed by atoms with Gasteiger partial charge in [0.05, 0.1) is 14.2 Å². The fraction of sp³-hybridized carbons (Fsp3) is 0.500. The number of aliphatic hydroxyl groups is 2. The fourth-order valence-corrected chi connectivity index (χ4v) is 2.47. The second kappa shape index (κ2) is 7.27. The number of hydrogen-bond acceptors (Lipinski definition) is 8. The quantitative estimate of drug-likeness (QED) is 0.702. The van der Waals surface area contributed by atoms with E-state index in [9.17, 15) is 10.2 Å². The standard InChI is InChI=1S/C16H22N2O6/c1-21-11-7-5-9-15(23-3,13(11)19)17-18-16(24-4)10-6-8-12(22-2)14(16)20/h5-10,13-14,19-20H,1-4H3. The molecule has 4 unspecified atom stereocenters. The number of hydrogen-bond donors (Lipinski definition) is 2. The van der Waals surface area contributed by atoms with E-state index in [-0.39, 0.29) is 11.5 Å². The molecule has 0 bridgehead atoms.